The van der Waals surface area contributed by atoms with Crippen LogP contribution in [0.15, 0.2) is 48.5 Å². The highest BCUT2D eigenvalue weighted by atomic mass is 32.1. The molecule has 1 aromatic carbocycles. The number of aromatic nitrogens is 1. The molecule has 0 spiro atoms. The Morgan fingerprint density at radius 1 is 1.15 bits per heavy atom. The number of rotatable bonds is 4. The molecule has 3 nitrogen and oxygen atoms in total. The van der Waals surface area contributed by atoms with Crippen molar-refractivity contribution in [2.45, 2.75) is 26.3 Å². The van der Waals surface area contributed by atoms with Crippen LogP contribution < -0.4 is 10.6 Å². The number of thiocarbonyl (C=S) groups is 1. The van der Waals surface area contributed by atoms with Crippen LogP contribution in [0.3, 0.4) is 0 Å². The molecule has 4 heteroatoms. The van der Waals surface area contributed by atoms with E-state index in [0.717, 1.165) is 17.9 Å². The van der Waals surface area contributed by atoms with Crippen LogP contribution in [0.25, 0.3) is 0 Å². The van der Waals surface area contributed by atoms with Crippen molar-refractivity contribution >= 4 is 23.1 Å². The number of hydrogen-bond acceptors (Lipinski definition) is 2. The minimum absolute atomic E-state index is 0.209. The molecule has 0 radical (unpaired) electrons. The molecule has 0 aliphatic heterocycles. The molecule has 1 aromatic heterocycles. The van der Waals surface area contributed by atoms with Crippen molar-refractivity contribution in [3.8, 4) is 0 Å². The molecule has 0 aliphatic carbocycles. The van der Waals surface area contributed by atoms with Gasteiger partial charge in [0.25, 0.3) is 0 Å². The van der Waals surface area contributed by atoms with E-state index in [1.807, 2.05) is 43.3 Å². The molecule has 1 heterocycles. The Morgan fingerprint density at radius 2 is 1.90 bits per heavy atom. The summed E-state index contributed by atoms with van der Waals surface area (Å²) in [5.41, 5.74) is 2.20. The average Bonchev–Trinajstić information content (AvgIpc) is 2.45. The van der Waals surface area contributed by atoms with Crippen LogP contribution in [0.5, 0.6) is 0 Å². The zero-order chi connectivity index (χ0) is 14.4. The summed E-state index contributed by atoms with van der Waals surface area (Å²) in [6.45, 7) is 4.10. The van der Waals surface area contributed by atoms with Gasteiger partial charge in [-0.05, 0) is 43.3 Å². The third kappa shape index (κ3) is 4.03. The van der Waals surface area contributed by atoms with Crippen molar-refractivity contribution in [3.05, 3.63) is 59.8 Å². The second-order valence-electron chi connectivity index (χ2n) is 4.63. The fourth-order valence-electron chi connectivity index (χ4n) is 2.03. The third-order valence-electron chi connectivity index (χ3n) is 3.05. The Kier molecular flexibility index (Phi) is 5.07. The van der Waals surface area contributed by atoms with Crippen molar-refractivity contribution < 1.29 is 0 Å². The lowest BCUT2D eigenvalue weighted by Gasteiger charge is -2.19. The zero-order valence-electron chi connectivity index (χ0n) is 11.8. The first-order valence-corrected chi connectivity index (χ1v) is 7.16. The SMILES string of the molecule is CC[C@H](NC(=S)Nc1cccc(C)n1)c1ccccc1. The highest BCUT2D eigenvalue weighted by Crippen LogP contribution is 2.16. The molecule has 1 atom stereocenters. The molecule has 0 aliphatic rings. The largest absolute Gasteiger partial charge is 0.356 e. The Morgan fingerprint density at radius 3 is 2.55 bits per heavy atom. The van der Waals surface area contributed by atoms with Crippen LogP contribution in [-0.2, 0) is 0 Å². The molecule has 2 rings (SSSR count). The number of anilines is 1. The molecule has 2 N–H and O–H groups in total. The number of aryl methyl sites for hydroxylation is 1. The van der Waals surface area contributed by atoms with Gasteiger partial charge < -0.3 is 10.6 Å². The fourth-order valence-corrected chi connectivity index (χ4v) is 2.28. The van der Waals surface area contributed by atoms with E-state index in [2.05, 4.69) is 34.7 Å². The van der Waals surface area contributed by atoms with Crippen molar-refractivity contribution in [2.75, 3.05) is 5.32 Å². The lowest BCUT2D eigenvalue weighted by atomic mass is 10.1. The van der Waals surface area contributed by atoms with Gasteiger partial charge >= 0.3 is 0 Å². The maximum Gasteiger partial charge on any atom is 0.172 e. The van der Waals surface area contributed by atoms with Gasteiger partial charge in [0.1, 0.15) is 5.82 Å². The van der Waals surface area contributed by atoms with Gasteiger partial charge in [-0.1, -0.05) is 43.3 Å². The van der Waals surface area contributed by atoms with Gasteiger partial charge in [0, 0.05) is 5.69 Å². The first-order valence-electron chi connectivity index (χ1n) is 6.75. The summed E-state index contributed by atoms with van der Waals surface area (Å²) in [5.74, 6) is 0.769. The molecule has 0 fully saturated rings. The van der Waals surface area contributed by atoms with Gasteiger partial charge in [-0.15, -0.1) is 0 Å². The van der Waals surface area contributed by atoms with Gasteiger partial charge in [0.15, 0.2) is 5.11 Å². The molecule has 20 heavy (non-hydrogen) atoms. The fraction of sp³-hybridized carbons (Fsp3) is 0.250. The van der Waals surface area contributed by atoms with E-state index < -0.39 is 0 Å². The van der Waals surface area contributed by atoms with Gasteiger partial charge in [-0.3, -0.25) is 0 Å². The first-order chi connectivity index (χ1) is 9.69. The Hall–Kier alpha value is -1.94. The van der Waals surface area contributed by atoms with Crippen LogP contribution in [0.1, 0.15) is 30.6 Å². The summed E-state index contributed by atoms with van der Waals surface area (Å²) < 4.78 is 0. The predicted octanol–water partition coefficient (Wildman–Crippen LogP) is 3.83. The third-order valence-corrected chi connectivity index (χ3v) is 3.27. The van der Waals surface area contributed by atoms with Gasteiger partial charge in [0.05, 0.1) is 6.04 Å². The highest BCUT2D eigenvalue weighted by molar-refractivity contribution is 7.80. The van der Waals surface area contributed by atoms with Crippen molar-refractivity contribution in [3.63, 3.8) is 0 Å². The Balaban J connectivity index is 2.00. The predicted molar refractivity (Wildman–Crippen MR) is 87.8 cm³/mol. The highest BCUT2D eigenvalue weighted by Gasteiger charge is 2.10. The standard InChI is InChI=1S/C16H19N3S/c1-3-14(13-9-5-4-6-10-13)18-16(20)19-15-11-7-8-12(2)17-15/h4-11,14H,3H2,1-2H3,(H2,17,18,19,20)/t14-/m0/s1. The zero-order valence-corrected chi connectivity index (χ0v) is 12.6. The average molecular weight is 285 g/mol. The lowest BCUT2D eigenvalue weighted by Crippen LogP contribution is -2.32. The number of benzene rings is 1. The topological polar surface area (TPSA) is 37.0 Å². The monoisotopic (exact) mass is 285 g/mol. The van der Waals surface area contributed by atoms with E-state index in [4.69, 9.17) is 12.2 Å². The summed E-state index contributed by atoms with van der Waals surface area (Å²) in [7, 11) is 0. The van der Waals surface area contributed by atoms with Crippen LogP contribution in [0.4, 0.5) is 5.82 Å². The number of pyridine rings is 1. The van der Waals surface area contributed by atoms with E-state index in [1.54, 1.807) is 0 Å². The van der Waals surface area contributed by atoms with E-state index in [9.17, 15) is 0 Å². The molecule has 0 amide bonds. The summed E-state index contributed by atoms with van der Waals surface area (Å²) in [6, 6.07) is 16.3. The summed E-state index contributed by atoms with van der Waals surface area (Å²) in [5, 5.41) is 7.05. The van der Waals surface area contributed by atoms with Crippen LogP contribution in [0.2, 0.25) is 0 Å². The van der Waals surface area contributed by atoms with Crippen molar-refractivity contribution in [1.29, 1.82) is 0 Å². The Bertz CT molecular complexity index is 569. The summed E-state index contributed by atoms with van der Waals surface area (Å²) in [6.07, 6.45) is 0.965. The maximum atomic E-state index is 5.36. The molecule has 104 valence electrons. The van der Waals surface area contributed by atoms with Crippen LogP contribution in [-0.4, -0.2) is 10.1 Å². The van der Waals surface area contributed by atoms with E-state index >= 15 is 0 Å². The van der Waals surface area contributed by atoms with E-state index in [1.165, 1.54) is 5.56 Å². The number of nitrogens with one attached hydrogen (secondary N) is 2. The number of nitrogens with zero attached hydrogens (tertiary/aromatic N) is 1. The van der Waals surface area contributed by atoms with E-state index in [-0.39, 0.29) is 6.04 Å². The summed E-state index contributed by atoms with van der Waals surface area (Å²) in [4.78, 5) is 4.38. The lowest BCUT2D eigenvalue weighted by molar-refractivity contribution is 0.629. The summed E-state index contributed by atoms with van der Waals surface area (Å²) >= 11 is 5.36. The first kappa shape index (κ1) is 14.5. The maximum absolute atomic E-state index is 5.36. The van der Waals surface area contributed by atoms with Crippen LogP contribution in [0, 0.1) is 6.92 Å². The minimum Gasteiger partial charge on any atom is -0.356 e. The minimum atomic E-state index is 0.209. The molecule has 0 saturated carbocycles. The van der Waals surface area contributed by atoms with Crippen LogP contribution >= 0.6 is 12.2 Å². The molecule has 0 bridgehead atoms. The smallest absolute Gasteiger partial charge is 0.172 e. The second kappa shape index (κ2) is 7.01. The quantitative estimate of drug-likeness (QED) is 0.837. The van der Waals surface area contributed by atoms with E-state index in [0.29, 0.717) is 5.11 Å². The molecular weight excluding hydrogens is 266 g/mol. The number of hydrogen-bond donors (Lipinski definition) is 2. The molecular formula is C16H19N3S. The molecule has 2 aromatic rings. The molecule has 0 saturated heterocycles. The normalized spacial score (nSPS) is 11.7. The van der Waals surface area contributed by atoms with Gasteiger partial charge in [0.2, 0.25) is 0 Å². The van der Waals surface area contributed by atoms with Gasteiger partial charge in [-0.25, -0.2) is 4.98 Å². The van der Waals surface area contributed by atoms with Crippen molar-refractivity contribution in [2.24, 2.45) is 0 Å². The molecule has 0 unspecified atom stereocenters. The second-order valence-corrected chi connectivity index (χ2v) is 5.04. The Labute approximate surface area is 125 Å². The van der Waals surface area contributed by atoms with Gasteiger partial charge in [-0.2, -0.15) is 0 Å². The van der Waals surface area contributed by atoms with Crippen molar-refractivity contribution in [1.82, 2.24) is 10.3 Å².